The highest BCUT2D eigenvalue weighted by Gasteiger charge is 2.32. The molecule has 1 aliphatic rings. The molecule has 0 saturated carbocycles. The van der Waals surface area contributed by atoms with E-state index in [1.807, 2.05) is 55.1 Å². The van der Waals surface area contributed by atoms with Gasteiger partial charge in [0.2, 0.25) is 5.91 Å². The summed E-state index contributed by atoms with van der Waals surface area (Å²) < 4.78 is 23.5. The highest BCUT2D eigenvalue weighted by Crippen LogP contribution is 2.23. The molecular formula is C20H25N3O3S. The second-order valence-electron chi connectivity index (χ2n) is 6.96. The highest BCUT2D eigenvalue weighted by molar-refractivity contribution is 7.91. The van der Waals surface area contributed by atoms with Crippen molar-refractivity contribution >= 4 is 27.2 Å². The van der Waals surface area contributed by atoms with E-state index in [1.54, 1.807) is 6.20 Å². The molecule has 1 fully saturated rings. The summed E-state index contributed by atoms with van der Waals surface area (Å²) in [5.74, 6) is 1.05. The van der Waals surface area contributed by atoms with Gasteiger partial charge < -0.3 is 10.2 Å². The summed E-state index contributed by atoms with van der Waals surface area (Å²) in [4.78, 5) is 18.7. The smallest absolute Gasteiger partial charge is 0.228 e. The molecule has 1 aromatic carbocycles. The number of nitrogens with zero attached hydrogens (tertiary/aromatic N) is 2. The van der Waals surface area contributed by atoms with Gasteiger partial charge in [0.05, 0.1) is 29.8 Å². The van der Waals surface area contributed by atoms with E-state index in [0.717, 1.165) is 16.9 Å². The van der Waals surface area contributed by atoms with Crippen LogP contribution in [-0.4, -0.2) is 43.4 Å². The Morgan fingerprint density at radius 3 is 2.70 bits per heavy atom. The molecule has 2 heterocycles. The molecule has 1 aromatic heterocycles. The second kappa shape index (κ2) is 8.08. The van der Waals surface area contributed by atoms with Crippen LogP contribution in [0.25, 0.3) is 0 Å². The summed E-state index contributed by atoms with van der Waals surface area (Å²) in [6, 6.07) is 11.5. The Balaban J connectivity index is 1.63. The lowest BCUT2D eigenvalue weighted by atomic mass is 10.1. The van der Waals surface area contributed by atoms with Crippen LogP contribution in [0.3, 0.4) is 0 Å². The molecule has 3 rings (SSSR count). The van der Waals surface area contributed by atoms with Crippen LogP contribution in [0.15, 0.2) is 42.6 Å². The van der Waals surface area contributed by atoms with Crippen LogP contribution < -0.4 is 10.2 Å². The van der Waals surface area contributed by atoms with E-state index in [0.29, 0.717) is 25.1 Å². The van der Waals surface area contributed by atoms with Crippen molar-refractivity contribution in [2.45, 2.75) is 32.7 Å². The molecule has 0 spiro atoms. The molecule has 1 unspecified atom stereocenters. The number of carbonyl (C=O) groups excluding carboxylic acids is 1. The standard InChI is InChI=1S/C20H25N3O3S/c1-3-23(18-9-10-27(25,26)14-18)19-8-7-17(13-21-19)22-20(24)12-16-6-4-5-15(2)11-16/h4-8,11,13,18H,3,9-10,12,14H2,1-2H3,(H,22,24). The number of rotatable bonds is 6. The monoisotopic (exact) mass is 387 g/mol. The first-order valence-corrected chi connectivity index (χ1v) is 11.0. The first kappa shape index (κ1) is 19.4. The van der Waals surface area contributed by atoms with Crippen LogP contribution in [0.4, 0.5) is 11.5 Å². The summed E-state index contributed by atoms with van der Waals surface area (Å²) in [5, 5.41) is 2.86. The van der Waals surface area contributed by atoms with Gasteiger partial charge >= 0.3 is 0 Å². The van der Waals surface area contributed by atoms with Gasteiger partial charge in [0.25, 0.3) is 0 Å². The van der Waals surface area contributed by atoms with Crippen LogP contribution in [0.1, 0.15) is 24.5 Å². The molecule has 1 saturated heterocycles. The van der Waals surface area contributed by atoms with Crippen molar-refractivity contribution in [3.05, 3.63) is 53.7 Å². The quantitative estimate of drug-likeness (QED) is 0.824. The number of nitrogens with one attached hydrogen (secondary N) is 1. The molecule has 0 radical (unpaired) electrons. The Kier molecular flexibility index (Phi) is 5.79. The van der Waals surface area contributed by atoms with Crippen molar-refractivity contribution in [3.63, 3.8) is 0 Å². The average Bonchev–Trinajstić information content (AvgIpc) is 2.96. The number of anilines is 2. The minimum Gasteiger partial charge on any atom is -0.353 e. The molecule has 144 valence electrons. The van der Waals surface area contributed by atoms with Crippen molar-refractivity contribution in [1.82, 2.24) is 4.98 Å². The fraction of sp³-hybridized carbons (Fsp3) is 0.400. The van der Waals surface area contributed by atoms with Gasteiger partial charge in [-0.15, -0.1) is 0 Å². The second-order valence-corrected chi connectivity index (χ2v) is 9.19. The molecular weight excluding hydrogens is 362 g/mol. The van der Waals surface area contributed by atoms with Crippen LogP contribution >= 0.6 is 0 Å². The van der Waals surface area contributed by atoms with Crippen LogP contribution in [0, 0.1) is 6.92 Å². The van der Waals surface area contributed by atoms with Gasteiger partial charge in [-0.05, 0) is 38.0 Å². The molecule has 7 heteroatoms. The summed E-state index contributed by atoms with van der Waals surface area (Å²) in [6.45, 7) is 4.68. The predicted molar refractivity (Wildman–Crippen MR) is 108 cm³/mol. The van der Waals surface area contributed by atoms with Gasteiger partial charge in [0, 0.05) is 12.6 Å². The highest BCUT2D eigenvalue weighted by atomic mass is 32.2. The number of pyridine rings is 1. The summed E-state index contributed by atoms with van der Waals surface area (Å²) >= 11 is 0. The normalized spacial score (nSPS) is 18.2. The number of sulfone groups is 1. The lowest BCUT2D eigenvalue weighted by molar-refractivity contribution is -0.115. The molecule has 0 bridgehead atoms. The number of amides is 1. The maximum atomic E-state index is 12.2. The molecule has 1 N–H and O–H groups in total. The van der Waals surface area contributed by atoms with E-state index in [9.17, 15) is 13.2 Å². The molecule has 1 atom stereocenters. The van der Waals surface area contributed by atoms with Crippen molar-refractivity contribution in [2.24, 2.45) is 0 Å². The Labute approximate surface area is 160 Å². The topological polar surface area (TPSA) is 79.4 Å². The lowest BCUT2D eigenvalue weighted by Gasteiger charge is -2.28. The van der Waals surface area contributed by atoms with Crippen molar-refractivity contribution in [2.75, 3.05) is 28.3 Å². The zero-order valence-corrected chi connectivity index (χ0v) is 16.5. The average molecular weight is 388 g/mol. The Morgan fingerprint density at radius 1 is 1.30 bits per heavy atom. The van der Waals surface area contributed by atoms with Crippen LogP contribution in [0.2, 0.25) is 0 Å². The summed E-state index contributed by atoms with van der Waals surface area (Å²) in [6.07, 6.45) is 2.56. The third-order valence-corrected chi connectivity index (χ3v) is 6.51. The minimum atomic E-state index is -2.94. The van der Waals surface area contributed by atoms with E-state index < -0.39 is 9.84 Å². The van der Waals surface area contributed by atoms with E-state index in [1.165, 1.54) is 0 Å². The molecule has 2 aromatic rings. The molecule has 1 amide bonds. The first-order chi connectivity index (χ1) is 12.9. The van der Waals surface area contributed by atoms with Gasteiger partial charge in [-0.2, -0.15) is 0 Å². The molecule has 0 aliphatic carbocycles. The maximum Gasteiger partial charge on any atom is 0.228 e. The number of carbonyl (C=O) groups is 1. The first-order valence-electron chi connectivity index (χ1n) is 9.15. The molecule has 6 nitrogen and oxygen atoms in total. The minimum absolute atomic E-state index is 0.0331. The largest absolute Gasteiger partial charge is 0.353 e. The predicted octanol–water partition coefficient (Wildman–Crippen LogP) is 2.58. The van der Waals surface area contributed by atoms with E-state index in [4.69, 9.17) is 0 Å². The van der Waals surface area contributed by atoms with Crippen LogP contribution in [-0.2, 0) is 21.1 Å². The van der Waals surface area contributed by atoms with Gasteiger partial charge in [-0.1, -0.05) is 29.8 Å². The number of benzene rings is 1. The lowest BCUT2D eigenvalue weighted by Crippen LogP contribution is -2.36. The summed E-state index contributed by atoms with van der Waals surface area (Å²) in [5.41, 5.74) is 2.73. The van der Waals surface area contributed by atoms with E-state index in [2.05, 4.69) is 10.3 Å². The Hall–Kier alpha value is -2.41. The number of hydrogen-bond acceptors (Lipinski definition) is 5. The van der Waals surface area contributed by atoms with Gasteiger partial charge in [-0.25, -0.2) is 13.4 Å². The zero-order valence-electron chi connectivity index (χ0n) is 15.7. The van der Waals surface area contributed by atoms with Crippen LogP contribution in [0.5, 0.6) is 0 Å². The zero-order chi connectivity index (χ0) is 19.4. The maximum absolute atomic E-state index is 12.2. The third kappa shape index (κ3) is 5.07. The SMILES string of the molecule is CCN(c1ccc(NC(=O)Cc2cccc(C)c2)cn1)C1CCS(=O)(=O)C1. The van der Waals surface area contributed by atoms with Gasteiger partial charge in [-0.3, -0.25) is 4.79 Å². The van der Waals surface area contributed by atoms with E-state index >= 15 is 0 Å². The fourth-order valence-corrected chi connectivity index (χ4v) is 5.20. The number of aromatic nitrogens is 1. The van der Waals surface area contributed by atoms with E-state index in [-0.39, 0.29) is 23.5 Å². The molecule has 1 aliphatic heterocycles. The van der Waals surface area contributed by atoms with Crippen molar-refractivity contribution < 1.29 is 13.2 Å². The number of hydrogen-bond donors (Lipinski definition) is 1. The molecule has 27 heavy (non-hydrogen) atoms. The Morgan fingerprint density at radius 2 is 2.11 bits per heavy atom. The number of aryl methyl sites for hydroxylation is 1. The van der Waals surface area contributed by atoms with Gasteiger partial charge in [0.1, 0.15) is 5.82 Å². The Bertz CT molecular complexity index is 910. The summed E-state index contributed by atoms with van der Waals surface area (Å²) in [7, 11) is -2.94. The fourth-order valence-electron chi connectivity index (χ4n) is 3.47. The van der Waals surface area contributed by atoms with Crippen molar-refractivity contribution in [1.29, 1.82) is 0 Å². The van der Waals surface area contributed by atoms with Gasteiger partial charge in [0.15, 0.2) is 9.84 Å². The van der Waals surface area contributed by atoms with Crippen molar-refractivity contribution in [3.8, 4) is 0 Å². The third-order valence-electron chi connectivity index (χ3n) is 4.76.